The third kappa shape index (κ3) is 11.4. The van der Waals surface area contributed by atoms with Gasteiger partial charge >= 0.3 is 5.97 Å². The molecule has 0 bridgehead atoms. The maximum Gasteiger partial charge on any atom is 0.326 e. The number of amides is 6. The van der Waals surface area contributed by atoms with E-state index >= 15 is 0 Å². The zero-order valence-electron chi connectivity index (χ0n) is 33.1. The first kappa shape index (κ1) is 44.0. The van der Waals surface area contributed by atoms with Crippen LogP contribution in [-0.4, -0.2) is 122 Å². The minimum absolute atomic E-state index is 0.00158. The van der Waals surface area contributed by atoms with Crippen LogP contribution in [0.4, 0.5) is 0 Å². The second-order valence-corrected chi connectivity index (χ2v) is 15.2. The molecule has 6 atom stereocenters. The highest BCUT2D eigenvalue weighted by Crippen LogP contribution is 2.30. The number of hydrogen-bond acceptors (Lipinski definition) is 10. The molecule has 4 rings (SSSR count). The van der Waals surface area contributed by atoms with E-state index in [2.05, 4.69) is 31.2 Å². The van der Waals surface area contributed by atoms with Gasteiger partial charge in [-0.1, -0.05) is 71.4 Å². The maximum atomic E-state index is 14.5. The Morgan fingerprint density at radius 2 is 1.49 bits per heavy atom. The van der Waals surface area contributed by atoms with Gasteiger partial charge in [0.05, 0.1) is 18.2 Å². The lowest BCUT2D eigenvalue weighted by Gasteiger charge is -2.34. The van der Waals surface area contributed by atoms with Crippen LogP contribution in [0.15, 0.2) is 48.9 Å². The molecular formula is C40H54N8O9. The van der Waals surface area contributed by atoms with Crippen LogP contribution in [0, 0.1) is 17.8 Å². The Kier molecular flexibility index (Phi) is 15.8. The fourth-order valence-electron chi connectivity index (χ4n) is 7.15. The molecular weight excluding hydrogens is 736 g/mol. The number of carbonyl (C=O) groups is 8. The molecule has 2 aliphatic rings. The summed E-state index contributed by atoms with van der Waals surface area (Å²) in [5.41, 5.74) is 0.622. The summed E-state index contributed by atoms with van der Waals surface area (Å²) in [5, 5.41) is 20.1. The number of carboxylic acid groups (broad SMARTS) is 1. The molecule has 2 fully saturated rings. The van der Waals surface area contributed by atoms with Gasteiger partial charge in [0.25, 0.3) is 11.8 Å². The first-order valence-corrected chi connectivity index (χ1v) is 19.5. The van der Waals surface area contributed by atoms with Crippen LogP contribution >= 0.6 is 0 Å². The maximum absolute atomic E-state index is 14.5. The van der Waals surface area contributed by atoms with Gasteiger partial charge in [-0.05, 0) is 43.1 Å². The van der Waals surface area contributed by atoms with E-state index in [4.69, 9.17) is 0 Å². The Labute approximate surface area is 332 Å². The third-order valence-electron chi connectivity index (χ3n) is 10.3. The monoisotopic (exact) mass is 790 g/mol. The van der Waals surface area contributed by atoms with E-state index in [-0.39, 0.29) is 37.4 Å². The zero-order chi connectivity index (χ0) is 41.8. The minimum atomic E-state index is -1.42. The van der Waals surface area contributed by atoms with Crippen LogP contribution in [0.5, 0.6) is 0 Å². The highest BCUT2D eigenvalue weighted by atomic mass is 16.4. The smallest absolute Gasteiger partial charge is 0.326 e. The van der Waals surface area contributed by atoms with E-state index in [9.17, 15) is 43.5 Å². The lowest BCUT2D eigenvalue weighted by Crippen LogP contribution is -2.61. The molecule has 5 N–H and O–H groups in total. The topological polar surface area (TPSA) is 237 Å². The van der Waals surface area contributed by atoms with Crippen molar-refractivity contribution in [2.24, 2.45) is 17.8 Å². The number of nitrogens with one attached hydrogen (secondary N) is 4. The average Bonchev–Trinajstić information content (AvgIpc) is 3.90. The summed E-state index contributed by atoms with van der Waals surface area (Å²) in [7, 11) is 0. The van der Waals surface area contributed by atoms with Crippen molar-refractivity contribution in [3.05, 3.63) is 60.2 Å². The van der Waals surface area contributed by atoms with Gasteiger partial charge in [0, 0.05) is 38.4 Å². The van der Waals surface area contributed by atoms with Crippen LogP contribution in [0.1, 0.15) is 82.8 Å². The van der Waals surface area contributed by atoms with Crippen molar-refractivity contribution in [3.8, 4) is 0 Å². The number of nitrogens with zero attached hydrogens (tertiary/aromatic N) is 4. The predicted molar refractivity (Wildman–Crippen MR) is 206 cm³/mol. The number of carbonyl (C=O) groups excluding carboxylic acids is 7. The lowest BCUT2D eigenvalue weighted by atomic mass is 9.95. The van der Waals surface area contributed by atoms with Crippen LogP contribution in [0.25, 0.3) is 0 Å². The normalized spacial score (nSPS) is 18.6. The molecule has 2 saturated heterocycles. The van der Waals surface area contributed by atoms with E-state index in [1.807, 2.05) is 0 Å². The van der Waals surface area contributed by atoms with Crippen LogP contribution < -0.4 is 21.3 Å². The van der Waals surface area contributed by atoms with Gasteiger partial charge in [0.15, 0.2) is 0 Å². The molecule has 3 heterocycles. The number of Topliss-reactive ketones (excluding diaryl/α,β-unsaturated/α-hetero) is 1. The van der Waals surface area contributed by atoms with E-state index in [0.29, 0.717) is 25.1 Å². The molecule has 0 radical (unpaired) electrons. The Bertz CT molecular complexity index is 1770. The largest absolute Gasteiger partial charge is 0.480 e. The molecule has 2 aromatic rings. The van der Waals surface area contributed by atoms with Gasteiger partial charge in [0.2, 0.25) is 29.4 Å². The molecule has 308 valence electrons. The van der Waals surface area contributed by atoms with Crippen LogP contribution in [0.3, 0.4) is 0 Å². The van der Waals surface area contributed by atoms with Crippen molar-refractivity contribution < 1.29 is 43.5 Å². The Morgan fingerprint density at radius 1 is 0.825 bits per heavy atom. The Morgan fingerprint density at radius 3 is 2.07 bits per heavy atom. The van der Waals surface area contributed by atoms with Crippen LogP contribution in [-0.2, 0) is 40.0 Å². The minimum Gasteiger partial charge on any atom is -0.480 e. The number of ketones is 1. The summed E-state index contributed by atoms with van der Waals surface area (Å²) in [6, 6.07) is 2.12. The summed E-state index contributed by atoms with van der Waals surface area (Å²) in [6.45, 7) is 9.57. The lowest BCUT2D eigenvalue weighted by molar-refractivity contribution is -0.148. The van der Waals surface area contributed by atoms with Gasteiger partial charge in [-0.2, -0.15) is 0 Å². The highest BCUT2D eigenvalue weighted by molar-refractivity contribution is 6.38. The summed E-state index contributed by atoms with van der Waals surface area (Å²) in [6.07, 6.45) is 5.99. The molecule has 17 heteroatoms. The van der Waals surface area contributed by atoms with Crippen molar-refractivity contribution in [2.75, 3.05) is 19.6 Å². The molecule has 0 spiro atoms. The molecule has 0 saturated carbocycles. The molecule has 1 aromatic carbocycles. The first-order valence-electron chi connectivity index (χ1n) is 19.5. The summed E-state index contributed by atoms with van der Waals surface area (Å²) in [4.78, 5) is 119. The van der Waals surface area contributed by atoms with Crippen molar-refractivity contribution in [3.63, 3.8) is 0 Å². The molecule has 1 unspecified atom stereocenters. The quantitative estimate of drug-likeness (QED) is 0.133. The van der Waals surface area contributed by atoms with Gasteiger partial charge < -0.3 is 36.2 Å². The summed E-state index contributed by atoms with van der Waals surface area (Å²) in [5.74, 6) is -8.57. The van der Waals surface area contributed by atoms with E-state index in [1.54, 1.807) is 69.9 Å². The standard InChI is InChI=1S/C40H54N8O9/c1-6-12-27(33(49)37(53)44-28(40(56)57)21-25-13-8-7-9-14-25)43-36(52)32-26(38(54)47-18-10-11-19-47)15-20-48(32)39(55)31(24(4)5)46-35(51)30(23(2)3)45-34(50)29-22-41-16-17-42-29/h7-9,13-14,16-17,22-24,26-28,30-32H,6,10-12,15,18-21H2,1-5H3,(H,43,52)(H,44,53)(H,45,50)(H,46,51)(H,56,57)/t26-,27?,28-,30-,31-,32-/m0/s1. The Hall–Kier alpha value is -5.74. The van der Waals surface area contributed by atoms with E-state index in [0.717, 1.165) is 12.8 Å². The van der Waals surface area contributed by atoms with Crippen molar-refractivity contribution in [1.82, 2.24) is 41.0 Å². The van der Waals surface area contributed by atoms with Crippen molar-refractivity contribution >= 4 is 47.2 Å². The van der Waals surface area contributed by atoms with E-state index < -0.39 is 89.3 Å². The van der Waals surface area contributed by atoms with Crippen molar-refractivity contribution in [2.45, 2.75) is 103 Å². The molecule has 0 aliphatic carbocycles. The van der Waals surface area contributed by atoms with Crippen molar-refractivity contribution in [1.29, 1.82) is 0 Å². The van der Waals surface area contributed by atoms with Gasteiger partial charge in [-0.3, -0.25) is 38.5 Å². The van der Waals surface area contributed by atoms with Gasteiger partial charge in [-0.25, -0.2) is 9.78 Å². The summed E-state index contributed by atoms with van der Waals surface area (Å²) >= 11 is 0. The third-order valence-corrected chi connectivity index (χ3v) is 10.3. The van der Waals surface area contributed by atoms with Crippen LogP contribution in [0.2, 0.25) is 0 Å². The average molecular weight is 791 g/mol. The number of hydrogen-bond donors (Lipinski definition) is 5. The number of aromatic nitrogens is 2. The SMILES string of the molecule is CCCC(NC(=O)[C@@H]1[C@@H](C(=O)N2CCCC2)CCN1C(=O)[C@@H](NC(=O)[C@@H](NC(=O)c1cnccn1)C(C)C)C(C)C)C(=O)C(=O)N[C@@H](Cc1ccccc1)C(=O)O. The molecule has 1 aromatic heterocycles. The number of aliphatic carboxylic acids is 1. The second-order valence-electron chi connectivity index (χ2n) is 15.2. The number of carboxylic acids is 1. The number of rotatable bonds is 18. The molecule has 6 amide bonds. The fourth-order valence-corrected chi connectivity index (χ4v) is 7.15. The summed E-state index contributed by atoms with van der Waals surface area (Å²) < 4.78 is 0. The molecule has 17 nitrogen and oxygen atoms in total. The molecule has 2 aliphatic heterocycles. The number of likely N-dealkylation sites (tertiary alicyclic amines) is 2. The fraction of sp³-hybridized carbons (Fsp3) is 0.550. The van der Waals surface area contributed by atoms with Gasteiger partial charge in [0.1, 0.15) is 29.9 Å². The zero-order valence-corrected chi connectivity index (χ0v) is 33.1. The first-order chi connectivity index (χ1) is 27.1. The molecule has 57 heavy (non-hydrogen) atoms. The predicted octanol–water partition coefficient (Wildman–Crippen LogP) is 0.877. The van der Waals surface area contributed by atoms with E-state index in [1.165, 1.54) is 23.5 Å². The Balaban J connectivity index is 1.57. The second kappa shape index (κ2) is 20.4. The highest BCUT2D eigenvalue weighted by Gasteiger charge is 2.49. The number of benzene rings is 1. The van der Waals surface area contributed by atoms with Gasteiger partial charge in [-0.15, -0.1) is 0 Å².